The molecule has 2 aliphatic heterocycles. The molecular weight excluding hydrogens is 470 g/mol. The molecule has 9 nitrogen and oxygen atoms in total. The highest BCUT2D eigenvalue weighted by Crippen LogP contribution is 2.43. The van der Waals surface area contributed by atoms with Crippen molar-refractivity contribution in [1.82, 2.24) is 14.7 Å². The number of hydrogen-bond donors (Lipinski definition) is 2. The normalized spacial score (nSPS) is 21.2. The smallest absolute Gasteiger partial charge is 0.254 e. The number of fused-ring (bicyclic) bond motifs is 1. The predicted octanol–water partition coefficient (Wildman–Crippen LogP) is 4.03. The van der Waals surface area contributed by atoms with Crippen LogP contribution in [0.15, 0.2) is 24.8 Å². The third-order valence-corrected chi connectivity index (χ3v) is 7.62. The number of nitrogens with zero attached hydrogens (tertiary/aromatic N) is 3. The van der Waals surface area contributed by atoms with Gasteiger partial charge in [0.15, 0.2) is 0 Å². The zero-order valence-corrected chi connectivity index (χ0v) is 22.5. The summed E-state index contributed by atoms with van der Waals surface area (Å²) < 4.78 is 13.4. The van der Waals surface area contributed by atoms with Gasteiger partial charge in [0.1, 0.15) is 28.6 Å². The number of primary amides is 1. The lowest BCUT2D eigenvalue weighted by atomic mass is 9.83. The fourth-order valence-electron chi connectivity index (χ4n) is 5.91. The monoisotopic (exact) mass is 509 g/mol. The molecule has 2 aromatic rings. The Morgan fingerprint density at radius 3 is 2.46 bits per heavy atom. The Morgan fingerprint density at radius 1 is 1.24 bits per heavy atom. The average Bonchev–Trinajstić information content (AvgIpc) is 3.28. The van der Waals surface area contributed by atoms with Gasteiger partial charge in [-0.2, -0.15) is 5.10 Å². The van der Waals surface area contributed by atoms with Crippen LogP contribution in [0.5, 0.6) is 11.5 Å². The molecule has 4 rings (SSSR count). The molecule has 0 bridgehead atoms. The van der Waals surface area contributed by atoms with E-state index >= 15 is 0 Å². The number of carbonyl (C=O) groups is 2. The van der Waals surface area contributed by atoms with Gasteiger partial charge in [0.25, 0.3) is 5.91 Å². The maximum Gasteiger partial charge on any atom is 0.254 e. The highest BCUT2D eigenvalue weighted by molar-refractivity contribution is 6.04. The molecule has 0 radical (unpaired) electrons. The average molecular weight is 510 g/mol. The second-order valence-electron chi connectivity index (χ2n) is 10.5. The maximum absolute atomic E-state index is 12.7. The molecule has 2 aliphatic rings. The van der Waals surface area contributed by atoms with E-state index in [2.05, 4.69) is 32.7 Å². The van der Waals surface area contributed by atoms with Crippen molar-refractivity contribution in [1.29, 1.82) is 0 Å². The Labute approximate surface area is 219 Å². The molecule has 0 spiro atoms. The number of methoxy groups -OCH3 is 2. The number of ether oxygens (including phenoxy) is 2. The summed E-state index contributed by atoms with van der Waals surface area (Å²) in [5, 5.41) is 8.35. The van der Waals surface area contributed by atoms with E-state index in [-0.39, 0.29) is 18.0 Å². The summed E-state index contributed by atoms with van der Waals surface area (Å²) in [7, 11) is 3.27. The molecule has 1 aromatic heterocycles. The number of hydrogen-bond acceptors (Lipinski definition) is 6. The Balaban J connectivity index is 1.76. The Morgan fingerprint density at radius 2 is 1.92 bits per heavy atom. The van der Waals surface area contributed by atoms with Crippen LogP contribution in [0.25, 0.3) is 11.3 Å². The van der Waals surface area contributed by atoms with Crippen LogP contribution in [0.2, 0.25) is 0 Å². The summed E-state index contributed by atoms with van der Waals surface area (Å²) in [5.74, 6) is 2.21. The number of aromatic nitrogens is 2. The predicted molar refractivity (Wildman–Crippen MR) is 144 cm³/mol. The molecule has 3 N–H and O–H groups in total. The first kappa shape index (κ1) is 26.6. The second-order valence-corrected chi connectivity index (χ2v) is 10.5. The highest BCUT2D eigenvalue weighted by Gasteiger charge is 2.38. The van der Waals surface area contributed by atoms with E-state index in [0.717, 1.165) is 43.4 Å². The van der Waals surface area contributed by atoms with Crippen LogP contribution in [-0.2, 0) is 11.2 Å². The number of carbonyl (C=O) groups excluding carboxylic acids is 2. The fourth-order valence-corrected chi connectivity index (χ4v) is 5.91. The van der Waals surface area contributed by atoms with Crippen LogP contribution in [-0.4, -0.2) is 59.8 Å². The van der Waals surface area contributed by atoms with Crippen molar-refractivity contribution in [2.24, 2.45) is 17.6 Å². The van der Waals surface area contributed by atoms with Crippen LogP contribution in [0.3, 0.4) is 0 Å². The lowest BCUT2D eigenvalue weighted by molar-refractivity contribution is -0.130. The van der Waals surface area contributed by atoms with Gasteiger partial charge >= 0.3 is 0 Å². The standard InChI is InChI=1S/C28H39N5O4/c1-7-24(34)32-11-9-18(13-17(32)4)21-8-10-30-28-25(27(29)35)26(31-33(21)28)19-14-22(36-5)20(12-16(2)3)23(15-19)37-6/h7,14-18,21,30H,1,8-13H2,2-6H3,(H2,29,35). The van der Waals surface area contributed by atoms with Crippen molar-refractivity contribution < 1.29 is 19.1 Å². The molecule has 0 saturated carbocycles. The first-order chi connectivity index (χ1) is 17.7. The number of rotatable bonds is 8. The Bertz CT molecular complexity index is 1160. The molecule has 1 saturated heterocycles. The minimum Gasteiger partial charge on any atom is -0.496 e. The van der Waals surface area contributed by atoms with Crippen molar-refractivity contribution in [3.8, 4) is 22.8 Å². The van der Waals surface area contributed by atoms with E-state index in [1.54, 1.807) is 14.2 Å². The molecule has 3 heterocycles. The van der Waals surface area contributed by atoms with Crippen molar-refractivity contribution in [2.75, 3.05) is 32.6 Å². The maximum atomic E-state index is 12.7. The zero-order valence-electron chi connectivity index (χ0n) is 22.5. The molecule has 3 atom stereocenters. The summed E-state index contributed by atoms with van der Waals surface area (Å²) in [6.07, 6.45) is 4.77. The number of nitrogens with two attached hydrogens (primary N) is 1. The number of piperidine rings is 1. The molecule has 3 unspecified atom stereocenters. The quantitative estimate of drug-likeness (QED) is 0.520. The van der Waals surface area contributed by atoms with E-state index in [1.807, 2.05) is 21.7 Å². The number of amides is 2. The molecule has 1 fully saturated rings. The SMILES string of the molecule is C=CC(=O)N1CCC(C2CCNc3c(C(N)=O)c(-c4cc(OC)c(CC(C)C)c(OC)c4)nn32)CC1C. The van der Waals surface area contributed by atoms with Crippen molar-refractivity contribution in [3.05, 3.63) is 35.9 Å². The van der Waals surface area contributed by atoms with E-state index in [0.29, 0.717) is 47.0 Å². The second kappa shape index (κ2) is 10.9. The highest BCUT2D eigenvalue weighted by atomic mass is 16.5. The summed E-state index contributed by atoms with van der Waals surface area (Å²) >= 11 is 0. The molecule has 200 valence electrons. The first-order valence-electron chi connectivity index (χ1n) is 13.0. The van der Waals surface area contributed by atoms with Crippen LogP contribution in [0.4, 0.5) is 5.82 Å². The van der Waals surface area contributed by atoms with Gasteiger partial charge in [-0.1, -0.05) is 20.4 Å². The lowest BCUT2D eigenvalue weighted by Crippen LogP contribution is -2.46. The minimum absolute atomic E-state index is 0.0295. The van der Waals surface area contributed by atoms with Crippen LogP contribution < -0.4 is 20.5 Å². The van der Waals surface area contributed by atoms with E-state index in [9.17, 15) is 9.59 Å². The van der Waals surface area contributed by atoms with Gasteiger partial charge in [-0.25, -0.2) is 4.68 Å². The van der Waals surface area contributed by atoms with Gasteiger partial charge in [-0.05, 0) is 62.7 Å². The number of nitrogens with one attached hydrogen (secondary N) is 1. The molecular formula is C28H39N5O4. The van der Waals surface area contributed by atoms with Crippen LogP contribution in [0, 0.1) is 11.8 Å². The molecule has 9 heteroatoms. The Kier molecular flexibility index (Phi) is 7.80. The van der Waals surface area contributed by atoms with Crippen LogP contribution in [0.1, 0.15) is 62.0 Å². The van der Waals surface area contributed by atoms with Gasteiger partial charge in [-0.3, -0.25) is 9.59 Å². The fraction of sp³-hybridized carbons (Fsp3) is 0.536. The van der Waals surface area contributed by atoms with Gasteiger partial charge in [-0.15, -0.1) is 0 Å². The number of benzene rings is 1. The minimum atomic E-state index is -0.534. The van der Waals surface area contributed by atoms with E-state index in [4.69, 9.17) is 20.3 Å². The molecule has 1 aromatic carbocycles. The zero-order chi connectivity index (χ0) is 26.9. The van der Waals surface area contributed by atoms with Gasteiger partial charge in [0.2, 0.25) is 5.91 Å². The Hall–Kier alpha value is -3.49. The lowest BCUT2D eigenvalue weighted by Gasteiger charge is -2.41. The van der Waals surface area contributed by atoms with Crippen molar-refractivity contribution in [3.63, 3.8) is 0 Å². The van der Waals surface area contributed by atoms with Gasteiger partial charge in [0.05, 0.1) is 20.3 Å². The van der Waals surface area contributed by atoms with E-state index < -0.39 is 5.91 Å². The molecule has 0 aliphatic carbocycles. The largest absolute Gasteiger partial charge is 0.496 e. The van der Waals surface area contributed by atoms with Gasteiger partial charge < -0.3 is 25.4 Å². The summed E-state index contributed by atoms with van der Waals surface area (Å²) in [6.45, 7) is 11.4. The summed E-state index contributed by atoms with van der Waals surface area (Å²) in [5.41, 5.74) is 8.52. The third kappa shape index (κ3) is 5.04. The molecule has 37 heavy (non-hydrogen) atoms. The van der Waals surface area contributed by atoms with Crippen molar-refractivity contribution in [2.45, 2.75) is 58.5 Å². The first-order valence-corrected chi connectivity index (χ1v) is 13.0. The third-order valence-electron chi connectivity index (χ3n) is 7.62. The summed E-state index contributed by atoms with van der Waals surface area (Å²) in [4.78, 5) is 26.9. The van der Waals surface area contributed by atoms with E-state index in [1.165, 1.54) is 6.08 Å². The topological polar surface area (TPSA) is 112 Å². The van der Waals surface area contributed by atoms with Crippen molar-refractivity contribution >= 4 is 17.6 Å². The molecule has 2 amide bonds. The van der Waals surface area contributed by atoms with Gasteiger partial charge in [0, 0.05) is 30.3 Å². The number of anilines is 1. The number of likely N-dealkylation sites (tertiary alicyclic amines) is 1. The van der Waals surface area contributed by atoms with Crippen LogP contribution >= 0.6 is 0 Å². The summed E-state index contributed by atoms with van der Waals surface area (Å²) in [6, 6.07) is 4.03.